The monoisotopic (exact) mass is 546 g/mol. The van der Waals surface area contributed by atoms with Crippen molar-refractivity contribution in [1.29, 1.82) is 0 Å². The molecule has 0 heterocycles. The lowest BCUT2D eigenvalue weighted by Crippen LogP contribution is -2.61. The molecule has 37 heavy (non-hydrogen) atoms. The lowest BCUT2D eigenvalue weighted by Gasteiger charge is -2.60. The van der Waals surface area contributed by atoms with Crippen molar-refractivity contribution >= 4 is 28.4 Å². The average molecular weight is 547 g/mol. The number of fused-ring (bicyclic) bond motifs is 5. The number of rotatable bonds is 7. The number of esters is 1. The molecule has 2 saturated carbocycles. The van der Waals surface area contributed by atoms with Gasteiger partial charge in [-0.1, -0.05) is 19.4 Å². The summed E-state index contributed by atoms with van der Waals surface area (Å²) in [5.41, 5.74) is 2.08. The van der Waals surface area contributed by atoms with E-state index in [1.165, 1.54) is 23.8 Å². The van der Waals surface area contributed by atoms with Crippen LogP contribution >= 0.6 is 0 Å². The van der Waals surface area contributed by atoms with E-state index >= 15 is 0 Å². The summed E-state index contributed by atoms with van der Waals surface area (Å²) in [5.74, 6) is 2.34. The lowest BCUT2D eigenvalue weighted by atomic mass is 9.46. The Bertz CT molecular complexity index is 1020. The van der Waals surface area contributed by atoms with Crippen molar-refractivity contribution < 1.29 is 23.2 Å². The van der Waals surface area contributed by atoms with E-state index in [0.29, 0.717) is 17.8 Å². The summed E-state index contributed by atoms with van der Waals surface area (Å²) in [5, 5.41) is 0. The molecule has 0 N–H and O–H groups in total. The Balaban J connectivity index is 1.70. The minimum absolute atomic E-state index is 0.0303. The number of ketones is 1. The van der Waals surface area contributed by atoms with E-state index in [-0.39, 0.29) is 23.2 Å². The minimum atomic E-state index is -2.05. The maximum Gasteiger partial charge on any atom is 0.303 e. The summed E-state index contributed by atoms with van der Waals surface area (Å²) in [4.78, 5) is 25.5. The smallest absolute Gasteiger partial charge is 0.303 e. The van der Waals surface area contributed by atoms with Gasteiger partial charge in [-0.05, 0) is 120 Å². The van der Waals surface area contributed by atoms with Gasteiger partial charge in [0.25, 0.3) is 0 Å². The zero-order valence-electron chi connectivity index (χ0n) is 25.0. The number of allylic oxidation sites excluding steroid dienone is 4. The summed E-state index contributed by atoms with van der Waals surface area (Å²) in [7, 11) is -3.69. The first-order chi connectivity index (χ1) is 16.9. The summed E-state index contributed by atoms with van der Waals surface area (Å²) in [6.45, 7) is 21.7. The molecular weight excluding hydrogens is 496 g/mol. The van der Waals surface area contributed by atoms with Crippen molar-refractivity contribution in [1.82, 2.24) is 0 Å². The normalized spacial score (nSPS) is 37.8. The highest BCUT2D eigenvalue weighted by Gasteiger charge is 2.68. The molecule has 0 amide bonds. The molecule has 208 valence electrons. The van der Waals surface area contributed by atoms with Gasteiger partial charge in [0.05, 0.1) is 5.76 Å². The Labute approximate surface area is 227 Å². The zero-order valence-corrected chi connectivity index (χ0v) is 27.0. The third kappa shape index (κ3) is 5.09. The third-order valence-corrected chi connectivity index (χ3v) is 11.8. The van der Waals surface area contributed by atoms with Gasteiger partial charge >= 0.3 is 5.97 Å². The quantitative estimate of drug-likeness (QED) is 0.246. The maximum absolute atomic E-state index is 13.9. The van der Waals surface area contributed by atoms with E-state index in [9.17, 15) is 9.59 Å². The molecule has 0 aliphatic heterocycles. The maximum atomic E-state index is 13.9. The molecule has 4 rings (SSSR count). The first-order valence-electron chi connectivity index (χ1n) is 14.4. The topological polar surface area (TPSA) is 61.8 Å². The second kappa shape index (κ2) is 9.48. The SMILES string of the molecule is CC(=O)OCC(=O)[C@@]1(O[Si](C)(C)C)CC[C@H]2[C@@H]3CC(C)=C4C=C(O[Si](C)(C)C)CC[C@]4(C)[C@H]3CC[C@@]21C. The van der Waals surface area contributed by atoms with E-state index in [2.05, 4.69) is 66.1 Å². The van der Waals surface area contributed by atoms with Crippen molar-refractivity contribution in [2.24, 2.45) is 28.6 Å². The molecule has 0 radical (unpaired) electrons. The molecule has 0 aromatic heterocycles. The Kier molecular flexibility index (Phi) is 7.38. The van der Waals surface area contributed by atoms with Crippen LogP contribution in [-0.2, 0) is 23.2 Å². The van der Waals surface area contributed by atoms with E-state index in [4.69, 9.17) is 13.6 Å². The first-order valence-corrected chi connectivity index (χ1v) is 21.2. The third-order valence-electron chi connectivity index (χ3n) is 9.96. The van der Waals surface area contributed by atoms with E-state index in [0.717, 1.165) is 44.9 Å². The number of carbonyl (C=O) groups excluding carboxylic acids is 2. The molecule has 0 bridgehead atoms. The van der Waals surface area contributed by atoms with Gasteiger partial charge in [-0.25, -0.2) is 0 Å². The van der Waals surface area contributed by atoms with Crippen molar-refractivity contribution in [3.8, 4) is 0 Å². The number of carbonyl (C=O) groups is 2. The molecule has 4 aliphatic carbocycles. The fourth-order valence-electron chi connectivity index (χ4n) is 8.70. The van der Waals surface area contributed by atoms with Crippen LogP contribution in [0.25, 0.3) is 0 Å². The average Bonchev–Trinajstić information content (AvgIpc) is 3.04. The standard InChI is InChI=1S/C30H50O5Si2/c1-20-17-23-24(28(3)14-11-22(18-26(20)28)34-36(5,6)7)12-15-29(4)25(23)13-16-30(29,35-37(8,9)10)27(32)19-33-21(2)31/h18,23-25H,11-17,19H2,1-10H3/t23-,24+,25+,28-,29+,30+/m1/s1. The van der Waals surface area contributed by atoms with Crippen LogP contribution in [-0.4, -0.2) is 40.6 Å². The van der Waals surface area contributed by atoms with Crippen molar-refractivity contribution in [2.45, 2.75) is 118 Å². The molecule has 0 aromatic rings. The summed E-state index contributed by atoms with van der Waals surface area (Å²) in [6, 6.07) is 0. The van der Waals surface area contributed by atoms with Crippen molar-refractivity contribution in [2.75, 3.05) is 6.61 Å². The predicted molar refractivity (Wildman–Crippen MR) is 153 cm³/mol. The Morgan fingerprint density at radius 1 is 0.973 bits per heavy atom. The molecule has 0 spiro atoms. The highest BCUT2D eigenvalue weighted by atomic mass is 28.4. The minimum Gasteiger partial charge on any atom is -0.547 e. The Morgan fingerprint density at radius 2 is 1.62 bits per heavy atom. The summed E-state index contributed by atoms with van der Waals surface area (Å²) < 4.78 is 18.6. The molecule has 7 heteroatoms. The largest absolute Gasteiger partial charge is 0.547 e. The Morgan fingerprint density at radius 3 is 2.22 bits per heavy atom. The van der Waals surface area contributed by atoms with Crippen LogP contribution in [0.5, 0.6) is 0 Å². The van der Waals surface area contributed by atoms with Gasteiger partial charge in [0.2, 0.25) is 14.1 Å². The number of Topliss-reactive ketones (excluding diaryl/α,β-unsaturated/α-hetero) is 1. The zero-order chi connectivity index (χ0) is 27.6. The molecule has 2 fully saturated rings. The lowest BCUT2D eigenvalue weighted by molar-refractivity contribution is -0.165. The van der Waals surface area contributed by atoms with Gasteiger partial charge < -0.3 is 13.6 Å². The van der Waals surface area contributed by atoms with Crippen LogP contribution in [0.2, 0.25) is 39.3 Å². The van der Waals surface area contributed by atoms with Crippen LogP contribution in [0.15, 0.2) is 23.0 Å². The second-order valence-electron chi connectivity index (χ2n) is 14.8. The van der Waals surface area contributed by atoms with E-state index < -0.39 is 28.2 Å². The fraction of sp³-hybridized carbons (Fsp3) is 0.800. The van der Waals surface area contributed by atoms with Crippen LogP contribution < -0.4 is 0 Å². The van der Waals surface area contributed by atoms with Gasteiger partial charge in [0.15, 0.2) is 14.9 Å². The number of ether oxygens (including phenoxy) is 1. The highest BCUT2D eigenvalue weighted by Crippen LogP contribution is 2.69. The van der Waals surface area contributed by atoms with Crippen molar-refractivity contribution in [3.05, 3.63) is 23.0 Å². The van der Waals surface area contributed by atoms with Crippen LogP contribution in [0.1, 0.15) is 72.6 Å². The van der Waals surface area contributed by atoms with Gasteiger partial charge in [-0.2, -0.15) is 0 Å². The van der Waals surface area contributed by atoms with Crippen molar-refractivity contribution in [3.63, 3.8) is 0 Å². The second-order valence-corrected chi connectivity index (χ2v) is 23.6. The molecular formula is C30H50O5Si2. The molecule has 4 aliphatic rings. The highest BCUT2D eigenvalue weighted by molar-refractivity contribution is 6.70. The van der Waals surface area contributed by atoms with E-state index in [1.807, 2.05) is 0 Å². The molecule has 0 aromatic carbocycles. The molecule has 5 nitrogen and oxygen atoms in total. The van der Waals surface area contributed by atoms with Crippen LogP contribution in [0.3, 0.4) is 0 Å². The van der Waals surface area contributed by atoms with Gasteiger partial charge in [0.1, 0.15) is 5.60 Å². The summed E-state index contributed by atoms with van der Waals surface area (Å²) >= 11 is 0. The van der Waals surface area contributed by atoms with Crippen LogP contribution in [0, 0.1) is 28.6 Å². The molecule has 0 saturated heterocycles. The summed E-state index contributed by atoms with van der Waals surface area (Å²) in [6.07, 6.45) is 9.49. The Hall–Kier alpha value is -1.19. The number of hydrogen-bond acceptors (Lipinski definition) is 5. The van der Waals surface area contributed by atoms with Gasteiger partial charge in [-0.15, -0.1) is 0 Å². The predicted octanol–water partition coefficient (Wildman–Crippen LogP) is 7.41. The number of hydrogen-bond donors (Lipinski definition) is 0. The van der Waals surface area contributed by atoms with Gasteiger partial charge in [0, 0.05) is 18.8 Å². The van der Waals surface area contributed by atoms with Crippen LogP contribution in [0.4, 0.5) is 0 Å². The van der Waals surface area contributed by atoms with E-state index in [1.54, 1.807) is 0 Å². The fourth-order valence-corrected chi connectivity index (χ4v) is 11.1. The van der Waals surface area contributed by atoms with Gasteiger partial charge in [-0.3, -0.25) is 9.59 Å². The molecule has 6 atom stereocenters. The molecule has 0 unspecified atom stereocenters. The first kappa shape index (κ1) is 28.8.